The van der Waals surface area contributed by atoms with Gasteiger partial charge in [0.2, 0.25) is 5.91 Å². The van der Waals surface area contributed by atoms with E-state index in [4.69, 9.17) is 0 Å². The van der Waals surface area contributed by atoms with Gasteiger partial charge in [-0.15, -0.1) is 12.4 Å². The minimum absolute atomic E-state index is 0. The molecule has 0 unspecified atom stereocenters. The molecule has 0 spiro atoms. The highest BCUT2D eigenvalue weighted by Gasteiger charge is 2.04. The number of carbonyl (C=O) groups excluding carboxylic acids is 2. The lowest BCUT2D eigenvalue weighted by molar-refractivity contribution is -0.121. The smallest absolute Gasteiger partial charge is 0.251 e. The van der Waals surface area contributed by atoms with E-state index >= 15 is 0 Å². The number of amides is 2. The molecule has 3 N–H and O–H groups in total. The van der Waals surface area contributed by atoms with Crippen LogP contribution in [0.15, 0.2) is 30.3 Å². The van der Waals surface area contributed by atoms with E-state index in [1.54, 1.807) is 12.1 Å². The second-order valence-electron chi connectivity index (χ2n) is 4.43. The Morgan fingerprint density at radius 3 is 2.38 bits per heavy atom. The Hall–Kier alpha value is -1.59. The van der Waals surface area contributed by atoms with E-state index in [0.717, 1.165) is 13.1 Å². The number of hydrogen-bond donors (Lipinski definition) is 3. The van der Waals surface area contributed by atoms with Crippen LogP contribution in [0.3, 0.4) is 0 Å². The molecule has 0 aliphatic heterocycles. The average Bonchev–Trinajstić information content (AvgIpc) is 2.49. The molecule has 0 fully saturated rings. The van der Waals surface area contributed by atoms with Gasteiger partial charge in [-0.05, 0) is 25.1 Å². The fraction of sp³-hybridized carbons (Fsp3) is 0.467. The molecule has 0 aliphatic rings. The number of carbonyl (C=O) groups is 2. The standard InChI is InChI=1S/C15H23N3O2.ClH/c1-2-16-11-12-17-14(19)9-6-10-18-15(20)13-7-4-3-5-8-13;/h3-5,7-8,16H,2,6,9-12H2,1H3,(H,17,19)(H,18,20);1H. The molecular formula is C15H24ClN3O2. The third kappa shape index (κ3) is 9.05. The molecule has 0 aliphatic carbocycles. The zero-order valence-corrected chi connectivity index (χ0v) is 13.2. The topological polar surface area (TPSA) is 70.2 Å². The van der Waals surface area contributed by atoms with E-state index in [9.17, 15) is 9.59 Å². The van der Waals surface area contributed by atoms with Crippen molar-refractivity contribution in [3.8, 4) is 0 Å². The van der Waals surface area contributed by atoms with E-state index in [-0.39, 0.29) is 24.2 Å². The van der Waals surface area contributed by atoms with Crippen molar-refractivity contribution in [1.29, 1.82) is 0 Å². The van der Waals surface area contributed by atoms with E-state index in [1.807, 2.05) is 25.1 Å². The van der Waals surface area contributed by atoms with Gasteiger partial charge >= 0.3 is 0 Å². The molecule has 0 radical (unpaired) electrons. The molecule has 0 saturated carbocycles. The third-order valence-electron chi connectivity index (χ3n) is 2.78. The van der Waals surface area contributed by atoms with Crippen molar-refractivity contribution in [1.82, 2.24) is 16.0 Å². The van der Waals surface area contributed by atoms with Crippen molar-refractivity contribution in [2.24, 2.45) is 0 Å². The maximum Gasteiger partial charge on any atom is 0.251 e. The Labute approximate surface area is 132 Å². The fourth-order valence-corrected chi connectivity index (χ4v) is 1.70. The molecule has 1 aromatic rings. The predicted molar refractivity (Wildman–Crippen MR) is 86.8 cm³/mol. The Balaban J connectivity index is 0.00000400. The summed E-state index contributed by atoms with van der Waals surface area (Å²) in [5.41, 5.74) is 0.641. The van der Waals surface area contributed by atoms with Crippen LogP contribution in [0.2, 0.25) is 0 Å². The van der Waals surface area contributed by atoms with Gasteiger partial charge in [-0.3, -0.25) is 9.59 Å². The van der Waals surface area contributed by atoms with Crippen molar-refractivity contribution < 1.29 is 9.59 Å². The summed E-state index contributed by atoms with van der Waals surface area (Å²) in [4.78, 5) is 23.2. The Kier molecular flexibility index (Phi) is 11.3. The maximum atomic E-state index is 11.7. The number of hydrogen-bond acceptors (Lipinski definition) is 3. The van der Waals surface area contributed by atoms with Crippen molar-refractivity contribution in [3.05, 3.63) is 35.9 Å². The first kappa shape index (κ1) is 19.4. The Morgan fingerprint density at radius 2 is 1.71 bits per heavy atom. The van der Waals surface area contributed by atoms with Crippen LogP contribution in [-0.4, -0.2) is 38.0 Å². The van der Waals surface area contributed by atoms with E-state index in [0.29, 0.717) is 31.5 Å². The summed E-state index contributed by atoms with van der Waals surface area (Å²) in [5.74, 6) is -0.0741. The first-order valence-corrected chi connectivity index (χ1v) is 7.04. The average molecular weight is 314 g/mol. The van der Waals surface area contributed by atoms with Crippen LogP contribution in [0.25, 0.3) is 0 Å². The predicted octanol–water partition coefficient (Wildman–Crippen LogP) is 1.34. The van der Waals surface area contributed by atoms with Gasteiger partial charge in [0.1, 0.15) is 0 Å². The van der Waals surface area contributed by atoms with Crippen LogP contribution < -0.4 is 16.0 Å². The summed E-state index contributed by atoms with van der Waals surface area (Å²) in [5, 5.41) is 8.75. The van der Waals surface area contributed by atoms with Gasteiger partial charge in [0.15, 0.2) is 0 Å². The Morgan fingerprint density at radius 1 is 1.00 bits per heavy atom. The van der Waals surface area contributed by atoms with Gasteiger partial charge in [0.25, 0.3) is 5.91 Å². The number of halogens is 1. The number of likely N-dealkylation sites (N-methyl/N-ethyl adjacent to an activating group) is 1. The molecule has 1 aromatic carbocycles. The molecule has 21 heavy (non-hydrogen) atoms. The van der Waals surface area contributed by atoms with Gasteiger partial charge in [0.05, 0.1) is 0 Å². The second-order valence-corrected chi connectivity index (χ2v) is 4.43. The van der Waals surface area contributed by atoms with Crippen molar-refractivity contribution in [2.45, 2.75) is 19.8 Å². The first-order chi connectivity index (χ1) is 9.74. The quantitative estimate of drug-likeness (QED) is 0.603. The van der Waals surface area contributed by atoms with Crippen LogP contribution >= 0.6 is 12.4 Å². The lowest BCUT2D eigenvalue weighted by atomic mass is 10.2. The zero-order chi connectivity index (χ0) is 14.6. The molecular weight excluding hydrogens is 290 g/mol. The molecule has 0 heterocycles. The first-order valence-electron chi connectivity index (χ1n) is 7.04. The minimum atomic E-state index is -0.0989. The molecule has 0 aromatic heterocycles. The van der Waals surface area contributed by atoms with Crippen LogP contribution in [0.1, 0.15) is 30.1 Å². The molecule has 1 rings (SSSR count). The zero-order valence-electron chi connectivity index (χ0n) is 12.4. The monoisotopic (exact) mass is 313 g/mol. The molecule has 118 valence electrons. The van der Waals surface area contributed by atoms with Crippen LogP contribution in [0.5, 0.6) is 0 Å². The van der Waals surface area contributed by atoms with E-state index in [2.05, 4.69) is 16.0 Å². The third-order valence-corrected chi connectivity index (χ3v) is 2.78. The number of rotatable bonds is 9. The fourth-order valence-electron chi connectivity index (χ4n) is 1.70. The Bertz CT molecular complexity index is 413. The van der Waals surface area contributed by atoms with Gasteiger partial charge in [-0.1, -0.05) is 25.1 Å². The highest BCUT2D eigenvalue weighted by atomic mass is 35.5. The SMILES string of the molecule is CCNCCNC(=O)CCCNC(=O)c1ccccc1.Cl. The maximum absolute atomic E-state index is 11.7. The summed E-state index contributed by atoms with van der Waals surface area (Å²) in [6.07, 6.45) is 1.08. The molecule has 0 atom stereocenters. The summed E-state index contributed by atoms with van der Waals surface area (Å²) >= 11 is 0. The highest BCUT2D eigenvalue weighted by Crippen LogP contribution is 1.98. The highest BCUT2D eigenvalue weighted by molar-refractivity contribution is 5.94. The van der Waals surface area contributed by atoms with Crippen molar-refractivity contribution >= 4 is 24.2 Å². The molecule has 5 nitrogen and oxygen atoms in total. The van der Waals surface area contributed by atoms with Crippen molar-refractivity contribution in [3.63, 3.8) is 0 Å². The van der Waals surface area contributed by atoms with E-state index < -0.39 is 0 Å². The molecule has 0 saturated heterocycles. The number of benzene rings is 1. The molecule has 0 bridgehead atoms. The largest absolute Gasteiger partial charge is 0.355 e. The minimum Gasteiger partial charge on any atom is -0.355 e. The summed E-state index contributed by atoms with van der Waals surface area (Å²) < 4.78 is 0. The summed E-state index contributed by atoms with van der Waals surface area (Å²) in [6.45, 7) is 4.86. The lowest BCUT2D eigenvalue weighted by Gasteiger charge is -2.07. The van der Waals surface area contributed by atoms with Crippen LogP contribution in [0, 0.1) is 0 Å². The summed E-state index contributed by atoms with van der Waals surface area (Å²) in [6, 6.07) is 9.06. The van der Waals surface area contributed by atoms with Gasteiger partial charge in [-0.2, -0.15) is 0 Å². The summed E-state index contributed by atoms with van der Waals surface area (Å²) in [7, 11) is 0. The molecule has 2 amide bonds. The second kappa shape index (κ2) is 12.2. The molecule has 6 heteroatoms. The van der Waals surface area contributed by atoms with Gasteiger partial charge in [0, 0.05) is 31.6 Å². The van der Waals surface area contributed by atoms with Gasteiger partial charge in [-0.25, -0.2) is 0 Å². The van der Waals surface area contributed by atoms with Gasteiger partial charge < -0.3 is 16.0 Å². The normalized spacial score (nSPS) is 9.57. The van der Waals surface area contributed by atoms with Crippen molar-refractivity contribution in [2.75, 3.05) is 26.2 Å². The lowest BCUT2D eigenvalue weighted by Crippen LogP contribution is -2.32. The van der Waals surface area contributed by atoms with E-state index in [1.165, 1.54) is 0 Å². The van der Waals surface area contributed by atoms with Crippen LogP contribution in [0.4, 0.5) is 0 Å². The number of nitrogens with one attached hydrogen (secondary N) is 3. The van der Waals surface area contributed by atoms with Crippen LogP contribution in [-0.2, 0) is 4.79 Å².